The highest BCUT2D eigenvalue weighted by molar-refractivity contribution is 6.65. The molecule has 2 N–H and O–H groups in total. The van der Waals surface area contributed by atoms with E-state index in [2.05, 4.69) is 5.16 Å². The van der Waals surface area contributed by atoms with Crippen molar-refractivity contribution < 1.29 is 15.1 Å². The smallest absolute Gasteiger partial charge is 0.306 e. The van der Waals surface area contributed by atoms with E-state index in [0.717, 1.165) is 0 Å². The number of carboxylic acids is 1. The second-order valence-electron chi connectivity index (χ2n) is 3.31. The Labute approximate surface area is 81.2 Å². The monoisotopic (exact) mass is 205 g/mol. The molecule has 1 aliphatic rings. The van der Waals surface area contributed by atoms with Crippen molar-refractivity contribution in [2.75, 3.05) is 0 Å². The van der Waals surface area contributed by atoms with Gasteiger partial charge in [0, 0.05) is 5.92 Å². The summed E-state index contributed by atoms with van der Waals surface area (Å²) in [5, 5.41) is 20.2. The van der Waals surface area contributed by atoms with Gasteiger partial charge in [0.05, 0.1) is 5.92 Å². The molecule has 4 nitrogen and oxygen atoms in total. The van der Waals surface area contributed by atoms with Crippen LogP contribution < -0.4 is 0 Å². The van der Waals surface area contributed by atoms with Gasteiger partial charge in [0.25, 0.3) is 0 Å². The van der Waals surface area contributed by atoms with Gasteiger partial charge in [-0.1, -0.05) is 16.8 Å². The van der Waals surface area contributed by atoms with E-state index < -0.39 is 5.97 Å². The first-order valence-electron chi connectivity index (χ1n) is 4.25. The number of hydrogen-bond donors (Lipinski definition) is 2. The van der Waals surface area contributed by atoms with Crippen molar-refractivity contribution in [3.8, 4) is 0 Å². The van der Waals surface area contributed by atoms with Gasteiger partial charge < -0.3 is 10.3 Å². The summed E-state index contributed by atoms with van der Waals surface area (Å²) in [5.74, 6) is -0.947. The molecule has 1 saturated carbocycles. The molecule has 0 heterocycles. The highest BCUT2D eigenvalue weighted by Crippen LogP contribution is 2.30. The average molecular weight is 206 g/mol. The van der Waals surface area contributed by atoms with Crippen molar-refractivity contribution in [2.45, 2.75) is 25.7 Å². The molecule has 74 valence electrons. The first-order chi connectivity index (χ1) is 6.15. The van der Waals surface area contributed by atoms with Crippen LogP contribution in [0.3, 0.4) is 0 Å². The van der Waals surface area contributed by atoms with E-state index in [-0.39, 0.29) is 17.0 Å². The van der Waals surface area contributed by atoms with Crippen LogP contribution in [0.2, 0.25) is 0 Å². The molecule has 0 unspecified atom stereocenters. The first-order valence-corrected chi connectivity index (χ1v) is 4.63. The molecule has 0 aromatic carbocycles. The first kappa shape index (κ1) is 10.3. The zero-order valence-electron chi connectivity index (χ0n) is 7.11. The Bertz CT molecular complexity index is 221. The Kier molecular flexibility index (Phi) is 3.54. The maximum atomic E-state index is 10.6. The van der Waals surface area contributed by atoms with Gasteiger partial charge in [-0.25, -0.2) is 0 Å². The van der Waals surface area contributed by atoms with Crippen LogP contribution in [-0.2, 0) is 4.79 Å². The molecule has 0 saturated heterocycles. The fourth-order valence-electron chi connectivity index (χ4n) is 1.66. The Morgan fingerprint density at radius 3 is 2.08 bits per heavy atom. The van der Waals surface area contributed by atoms with Crippen LogP contribution >= 0.6 is 11.6 Å². The number of aliphatic carboxylic acids is 1. The van der Waals surface area contributed by atoms with Crippen LogP contribution in [0.25, 0.3) is 0 Å². The highest BCUT2D eigenvalue weighted by atomic mass is 35.5. The molecule has 1 rings (SSSR count). The predicted octanol–water partition coefficient (Wildman–Crippen LogP) is 1.90. The zero-order chi connectivity index (χ0) is 9.84. The van der Waals surface area contributed by atoms with Crippen molar-refractivity contribution in [3.63, 3.8) is 0 Å². The Morgan fingerprint density at radius 2 is 1.69 bits per heavy atom. The van der Waals surface area contributed by atoms with Crippen molar-refractivity contribution >= 4 is 22.7 Å². The van der Waals surface area contributed by atoms with Crippen molar-refractivity contribution in [2.24, 2.45) is 17.0 Å². The SMILES string of the molecule is O=C(O)C1CCC(/C(Cl)=N\O)CC1. The Balaban J connectivity index is 2.43. The van der Waals surface area contributed by atoms with E-state index in [4.69, 9.17) is 21.9 Å². The van der Waals surface area contributed by atoms with Gasteiger partial charge in [0.1, 0.15) is 5.17 Å². The lowest BCUT2D eigenvalue weighted by molar-refractivity contribution is -0.142. The standard InChI is InChI=1S/C8H12ClNO3/c9-7(10-13)5-1-3-6(4-2-5)8(11)12/h5-6,13H,1-4H2,(H,11,12)/b10-7+. The summed E-state index contributed by atoms with van der Waals surface area (Å²) >= 11 is 5.62. The van der Waals surface area contributed by atoms with Gasteiger partial charge >= 0.3 is 5.97 Å². The van der Waals surface area contributed by atoms with Crippen LogP contribution in [0, 0.1) is 11.8 Å². The second kappa shape index (κ2) is 4.46. The number of halogens is 1. The third-order valence-corrected chi connectivity index (χ3v) is 2.89. The molecule has 0 bridgehead atoms. The largest absolute Gasteiger partial charge is 0.481 e. The lowest BCUT2D eigenvalue weighted by atomic mass is 9.82. The van der Waals surface area contributed by atoms with Crippen LogP contribution in [0.4, 0.5) is 0 Å². The lowest BCUT2D eigenvalue weighted by Gasteiger charge is -2.24. The van der Waals surface area contributed by atoms with Gasteiger partial charge in [0.15, 0.2) is 0 Å². The predicted molar refractivity (Wildman–Crippen MR) is 48.2 cm³/mol. The van der Waals surface area contributed by atoms with E-state index >= 15 is 0 Å². The number of hydrogen-bond acceptors (Lipinski definition) is 3. The molecule has 0 aromatic heterocycles. The molecule has 1 fully saturated rings. The molecule has 0 amide bonds. The van der Waals surface area contributed by atoms with Gasteiger partial charge in [-0.2, -0.15) is 0 Å². The van der Waals surface area contributed by atoms with Gasteiger partial charge in [-0.3, -0.25) is 4.79 Å². The molecule has 0 radical (unpaired) electrons. The number of carbonyl (C=O) groups is 1. The van der Waals surface area contributed by atoms with E-state index in [1.165, 1.54) is 0 Å². The molecule has 0 atom stereocenters. The number of oxime groups is 1. The quantitative estimate of drug-likeness (QED) is 0.411. The maximum Gasteiger partial charge on any atom is 0.306 e. The fourth-order valence-corrected chi connectivity index (χ4v) is 1.88. The van der Waals surface area contributed by atoms with E-state index in [1.54, 1.807) is 0 Å². The third kappa shape index (κ3) is 2.59. The maximum absolute atomic E-state index is 10.6. The highest BCUT2D eigenvalue weighted by Gasteiger charge is 2.28. The lowest BCUT2D eigenvalue weighted by Crippen LogP contribution is -2.23. The van der Waals surface area contributed by atoms with E-state index in [9.17, 15) is 4.79 Å². The minimum absolute atomic E-state index is 0.0438. The molecule has 0 aromatic rings. The fraction of sp³-hybridized carbons (Fsp3) is 0.750. The molecule has 1 aliphatic carbocycles. The molecule has 0 spiro atoms. The second-order valence-corrected chi connectivity index (χ2v) is 3.70. The molecule has 13 heavy (non-hydrogen) atoms. The number of nitrogens with zero attached hydrogens (tertiary/aromatic N) is 1. The van der Waals surface area contributed by atoms with E-state index in [0.29, 0.717) is 25.7 Å². The molecular formula is C8H12ClNO3. The minimum Gasteiger partial charge on any atom is -0.481 e. The van der Waals surface area contributed by atoms with E-state index in [1.807, 2.05) is 0 Å². The number of carboxylic acid groups (broad SMARTS) is 1. The van der Waals surface area contributed by atoms with Crippen molar-refractivity contribution in [3.05, 3.63) is 0 Å². The zero-order valence-corrected chi connectivity index (χ0v) is 7.87. The summed E-state index contributed by atoms with van der Waals surface area (Å²) in [4.78, 5) is 10.6. The van der Waals surface area contributed by atoms with Crippen LogP contribution in [0.15, 0.2) is 5.16 Å². The van der Waals surface area contributed by atoms with Gasteiger partial charge in [0.2, 0.25) is 0 Å². The average Bonchev–Trinajstić information content (AvgIpc) is 2.17. The third-order valence-electron chi connectivity index (χ3n) is 2.51. The summed E-state index contributed by atoms with van der Waals surface area (Å²) in [6.45, 7) is 0. The molecular weight excluding hydrogens is 194 g/mol. The van der Waals surface area contributed by atoms with Crippen LogP contribution in [0.5, 0.6) is 0 Å². The van der Waals surface area contributed by atoms with Crippen molar-refractivity contribution in [1.29, 1.82) is 0 Å². The summed E-state index contributed by atoms with van der Waals surface area (Å²) < 4.78 is 0. The van der Waals surface area contributed by atoms with Crippen LogP contribution in [-0.4, -0.2) is 21.5 Å². The Hall–Kier alpha value is -0.770. The summed E-state index contributed by atoms with van der Waals surface area (Å²) in [7, 11) is 0. The molecule has 0 aliphatic heterocycles. The summed E-state index contributed by atoms with van der Waals surface area (Å²) in [6, 6.07) is 0. The van der Waals surface area contributed by atoms with Gasteiger partial charge in [-0.15, -0.1) is 0 Å². The normalized spacial score (nSPS) is 30.1. The van der Waals surface area contributed by atoms with Gasteiger partial charge in [-0.05, 0) is 25.7 Å². The Morgan fingerprint density at radius 1 is 1.23 bits per heavy atom. The minimum atomic E-state index is -0.740. The summed E-state index contributed by atoms with van der Waals surface area (Å²) in [6.07, 6.45) is 2.62. The molecule has 5 heteroatoms. The summed E-state index contributed by atoms with van der Waals surface area (Å²) in [5.41, 5.74) is 0. The number of rotatable bonds is 2. The topological polar surface area (TPSA) is 69.9 Å². The van der Waals surface area contributed by atoms with Crippen LogP contribution in [0.1, 0.15) is 25.7 Å². The van der Waals surface area contributed by atoms with Crippen molar-refractivity contribution in [1.82, 2.24) is 0 Å².